The van der Waals surface area contributed by atoms with Crippen LogP contribution >= 0.6 is 0 Å². The van der Waals surface area contributed by atoms with E-state index in [9.17, 15) is 24.6 Å². The second-order valence-electron chi connectivity index (χ2n) is 7.77. The molecular weight excluding hydrogens is 404 g/mol. The summed E-state index contributed by atoms with van der Waals surface area (Å²) in [7, 11) is 2.95. The van der Waals surface area contributed by atoms with Crippen LogP contribution < -0.4 is 19.7 Å². The molecule has 2 saturated heterocycles. The molecule has 2 aromatic rings. The van der Waals surface area contributed by atoms with Gasteiger partial charge in [-0.2, -0.15) is 0 Å². The third-order valence-corrected chi connectivity index (χ3v) is 6.14. The van der Waals surface area contributed by atoms with E-state index in [-0.39, 0.29) is 5.75 Å². The minimum Gasteiger partial charge on any atom is -0.507 e. The Balaban J connectivity index is 1.80. The van der Waals surface area contributed by atoms with Gasteiger partial charge in [0.15, 0.2) is 0 Å². The number of carboxylic acids is 1. The van der Waals surface area contributed by atoms with Crippen molar-refractivity contribution in [1.82, 2.24) is 5.32 Å². The van der Waals surface area contributed by atoms with Gasteiger partial charge in [-0.3, -0.25) is 19.7 Å². The lowest BCUT2D eigenvalue weighted by Gasteiger charge is -2.27. The molecule has 162 valence electrons. The zero-order valence-electron chi connectivity index (χ0n) is 17.2. The standard InChI is InChI=1S/C22H22N2O7/c1-22(21(28)29)17-16(18(23-22)14-9-8-13(31-3)10-15(14)25)19(26)24(20(17)27)11-4-6-12(30-2)7-5-11/h4-10,16-18,23,25H,1-3H3,(H,28,29)/t16-,17+,18-,22+/m0/s1. The summed E-state index contributed by atoms with van der Waals surface area (Å²) in [6.45, 7) is 1.39. The van der Waals surface area contributed by atoms with Crippen LogP contribution in [0.25, 0.3) is 0 Å². The predicted molar refractivity (Wildman–Crippen MR) is 109 cm³/mol. The van der Waals surface area contributed by atoms with Gasteiger partial charge in [0.2, 0.25) is 11.8 Å². The Morgan fingerprint density at radius 2 is 1.65 bits per heavy atom. The van der Waals surface area contributed by atoms with Crippen molar-refractivity contribution in [2.45, 2.75) is 18.5 Å². The molecule has 2 amide bonds. The number of aromatic hydroxyl groups is 1. The number of benzene rings is 2. The highest BCUT2D eigenvalue weighted by Gasteiger charge is 2.67. The lowest BCUT2D eigenvalue weighted by molar-refractivity contribution is -0.147. The van der Waals surface area contributed by atoms with E-state index >= 15 is 0 Å². The number of aliphatic carboxylic acids is 1. The molecule has 0 spiro atoms. The molecule has 9 nitrogen and oxygen atoms in total. The fourth-order valence-corrected chi connectivity index (χ4v) is 4.50. The van der Waals surface area contributed by atoms with Crippen LogP contribution in [0.2, 0.25) is 0 Å². The number of anilines is 1. The highest BCUT2D eigenvalue weighted by Crippen LogP contribution is 2.51. The summed E-state index contributed by atoms with van der Waals surface area (Å²) in [6.07, 6.45) is 0. The van der Waals surface area contributed by atoms with Crippen molar-refractivity contribution in [2.75, 3.05) is 19.1 Å². The van der Waals surface area contributed by atoms with Crippen molar-refractivity contribution in [3.63, 3.8) is 0 Å². The SMILES string of the molecule is COc1ccc(N2C(=O)[C@@H]3[C@H](c4ccc(OC)cc4O)N[C@@](C)(C(=O)O)[C@H]3C2=O)cc1. The van der Waals surface area contributed by atoms with E-state index in [1.807, 2.05) is 0 Å². The van der Waals surface area contributed by atoms with Crippen LogP contribution in [0, 0.1) is 11.8 Å². The van der Waals surface area contributed by atoms with Gasteiger partial charge >= 0.3 is 5.97 Å². The minimum atomic E-state index is -1.70. The molecule has 4 rings (SSSR count). The number of hydrogen-bond acceptors (Lipinski definition) is 7. The van der Waals surface area contributed by atoms with Gasteiger partial charge < -0.3 is 19.7 Å². The van der Waals surface area contributed by atoms with E-state index < -0.39 is 41.2 Å². The molecule has 4 atom stereocenters. The van der Waals surface area contributed by atoms with Crippen molar-refractivity contribution in [3.05, 3.63) is 48.0 Å². The highest BCUT2D eigenvalue weighted by atomic mass is 16.5. The summed E-state index contributed by atoms with van der Waals surface area (Å²) >= 11 is 0. The van der Waals surface area contributed by atoms with Crippen molar-refractivity contribution < 1.29 is 34.1 Å². The van der Waals surface area contributed by atoms with Gasteiger partial charge in [0, 0.05) is 17.7 Å². The maximum atomic E-state index is 13.4. The Labute approximate surface area is 178 Å². The van der Waals surface area contributed by atoms with Crippen molar-refractivity contribution in [3.8, 4) is 17.2 Å². The first-order valence-corrected chi connectivity index (χ1v) is 9.62. The predicted octanol–water partition coefficient (Wildman–Crippen LogP) is 1.70. The fourth-order valence-electron chi connectivity index (χ4n) is 4.50. The zero-order chi connectivity index (χ0) is 22.5. The first-order chi connectivity index (χ1) is 14.7. The van der Waals surface area contributed by atoms with E-state index in [1.165, 1.54) is 27.2 Å². The molecule has 2 aliphatic heterocycles. The van der Waals surface area contributed by atoms with E-state index in [1.54, 1.807) is 36.4 Å². The average molecular weight is 426 g/mol. The first kappa shape index (κ1) is 20.7. The molecule has 0 bridgehead atoms. The second kappa shape index (κ2) is 7.28. The number of fused-ring (bicyclic) bond motifs is 1. The molecule has 0 unspecified atom stereocenters. The number of carboxylic acid groups (broad SMARTS) is 1. The van der Waals surface area contributed by atoms with Gasteiger partial charge in [0.05, 0.1) is 31.7 Å². The summed E-state index contributed by atoms with van der Waals surface area (Å²) < 4.78 is 10.2. The number of phenols is 1. The van der Waals surface area contributed by atoms with Gasteiger partial charge in [-0.05, 0) is 37.3 Å². The van der Waals surface area contributed by atoms with Gasteiger partial charge in [-0.25, -0.2) is 4.90 Å². The maximum absolute atomic E-state index is 13.4. The quantitative estimate of drug-likeness (QED) is 0.617. The zero-order valence-corrected chi connectivity index (χ0v) is 17.2. The van der Waals surface area contributed by atoms with Crippen LogP contribution in [0.15, 0.2) is 42.5 Å². The highest BCUT2D eigenvalue weighted by molar-refractivity contribution is 6.24. The van der Waals surface area contributed by atoms with Crippen LogP contribution in [-0.2, 0) is 14.4 Å². The number of nitrogens with zero attached hydrogens (tertiary/aromatic N) is 1. The molecule has 0 aliphatic carbocycles. The summed E-state index contributed by atoms with van der Waals surface area (Å²) in [4.78, 5) is 39.9. The van der Waals surface area contributed by atoms with Crippen LogP contribution in [0.3, 0.4) is 0 Å². The largest absolute Gasteiger partial charge is 0.507 e. The molecule has 0 aromatic heterocycles. The summed E-state index contributed by atoms with van der Waals surface area (Å²) in [5, 5.41) is 23.4. The van der Waals surface area contributed by atoms with E-state index in [0.717, 1.165) is 4.90 Å². The third kappa shape index (κ3) is 3.00. The smallest absolute Gasteiger partial charge is 0.324 e. The second-order valence-corrected chi connectivity index (χ2v) is 7.77. The minimum absolute atomic E-state index is 0.159. The number of phenolic OH excluding ortho intramolecular Hbond substituents is 1. The van der Waals surface area contributed by atoms with Gasteiger partial charge in [-0.15, -0.1) is 0 Å². The Kier molecular flexibility index (Phi) is 4.85. The van der Waals surface area contributed by atoms with Gasteiger partial charge in [0.1, 0.15) is 22.8 Å². The number of methoxy groups -OCH3 is 2. The van der Waals surface area contributed by atoms with Crippen molar-refractivity contribution in [1.29, 1.82) is 0 Å². The number of nitrogens with one attached hydrogen (secondary N) is 1. The van der Waals surface area contributed by atoms with Crippen molar-refractivity contribution >= 4 is 23.5 Å². The number of carbonyl (C=O) groups is 3. The van der Waals surface area contributed by atoms with Gasteiger partial charge in [-0.1, -0.05) is 6.07 Å². The number of hydrogen-bond donors (Lipinski definition) is 3. The third-order valence-electron chi connectivity index (χ3n) is 6.14. The number of imide groups is 1. The van der Waals surface area contributed by atoms with E-state index in [2.05, 4.69) is 5.32 Å². The topological polar surface area (TPSA) is 125 Å². The lowest BCUT2D eigenvalue weighted by atomic mass is 9.80. The number of carbonyl (C=O) groups excluding carboxylic acids is 2. The molecular formula is C22H22N2O7. The number of amides is 2. The Hall–Kier alpha value is -3.59. The van der Waals surface area contributed by atoms with Crippen molar-refractivity contribution in [2.24, 2.45) is 11.8 Å². The van der Waals surface area contributed by atoms with Crippen LogP contribution in [0.4, 0.5) is 5.69 Å². The summed E-state index contributed by atoms with van der Waals surface area (Å²) in [5.74, 6) is -3.73. The number of rotatable bonds is 5. The Morgan fingerprint density at radius 1 is 1.03 bits per heavy atom. The normalized spacial score (nSPS) is 27.3. The summed E-state index contributed by atoms with van der Waals surface area (Å²) in [5.41, 5.74) is -1.05. The van der Waals surface area contributed by atoms with Gasteiger partial charge in [0.25, 0.3) is 0 Å². The molecule has 2 fully saturated rings. The van der Waals surface area contributed by atoms with Crippen LogP contribution in [-0.4, -0.2) is 47.8 Å². The number of ether oxygens (including phenoxy) is 2. The van der Waals surface area contributed by atoms with Crippen LogP contribution in [0.1, 0.15) is 18.5 Å². The van der Waals surface area contributed by atoms with Crippen LogP contribution in [0.5, 0.6) is 17.2 Å². The lowest BCUT2D eigenvalue weighted by Crippen LogP contribution is -2.53. The van der Waals surface area contributed by atoms with E-state index in [0.29, 0.717) is 22.7 Å². The first-order valence-electron chi connectivity index (χ1n) is 9.62. The molecule has 9 heteroatoms. The fraction of sp³-hybridized carbons (Fsp3) is 0.318. The molecule has 0 saturated carbocycles. The molecule has 2 heterocycles. The Morgan fingerprint density at radius 3 is 2.19 bits per heavy atom. The molecule has 3 N–H and O–H groups in total. The molecule has 31 heavy (non-hydrogen) atoms. The monoisotopic (exact) mass is 426 g/mol. The van der Waals surface area contributed by atoms with E-state index in [4.69, 9.17) is 9.47 Å². The molecule has 2 aromatic carbocycles. The average Bonchev–Trinajstić information content (AvgIpc) is 3.21. The summed E-state index contributed by atoms with van der Waals surface area (Å²) in [6, 6.07) is 10.0. The maximum Gasteiger partial charge on any atom is 0.324 e. The Bertz CT molecular complexity index is 1070. The molecule has 0 radical (unpaired) electrons. The molecule has 2 aliphatic rings.